The number of likely N-dealkylation sites (tertiary alicyclic amines) is 1. The number of nitrogens with zero attached hydrogens (tertiary/aromatic N) is 1. The number of rotatable bonds is 4. The maximum absolute atomic E-state index is 12.9. The molecule has 1 aromatic carbocycles. The number of benzene rings is 1. The first-order chi connectivity index (χ1) is 11.6. The van der Waals surface area contributed by atoms with Crippen LogP contribution in [0.15, 0.2) is 41.8 Å². The van der Waals surface area contributed by atoms with E-state index in [1.54, 1.807) is 11.3 Å². The molecule has 0 bridgehead atoms. The van der Waals surface area contributed by atoms with E-state index in [0.29, 0.717) is 25.1 Å². The Kier molecular flexibility index (Phi) is 5.25. The lowest BCUT2D eigenvalue weighted by atomic mass is 10.0. The zero-order valence-corrected chi connectivity index (χ0v) is 14.0. The summed E-state index contributed by atoms with van der Waals surface area (Å²) in [5.41, 5.74) is 0.451. The second-order valence-electron chi connectivity index (χ2n) is 5.89. The van der Waals surface area contributed by atoms with Crippen LogP contribution in [0.2, 0.25) is 0 Å². The minimum atomic E-state index is -0.357. The summed E-state index contributed by atoms with van der Waals surface area (Å²) in [6, 6.07) is 9.48. The van der Waals surface area contributed by atoms with Gasteiger partial charge < -0.3 is 10.2 Å². The molecule has 126 valence electrons. The average Bonchev–Trinajstić information content (AvgIpc) is 3.09. The normalized spacial score (nSPS) is 15.3. The Balaban J connectivity index is 1.47. The molecule has 1 N–H and O–H groups in total. The maximum atomic E-state index is 12.9. The minimum absolute atomic E-state index is 0.0494. The molecule has 1 aliphatic rings. The van der Waals surface area contributed by atoms with Crippen LogP contribution in [-0.4, -0.2) is 35.8 Å². The zero-order chi connectivity index (χ0) is 16.9. The van der Waals surface area contributed by atoms with Crippen LogP contribution in [0.1, 0.15) is 28.1 Å². The third-order valence-electron chi connectivity index (χ3n) is 4.19. The van der Waals surface area contributed by atoms with E-state index in [1.165, 1.54) is 24.3 Å². The molecule has 4 nitrogen and oxygen atoms in total. The van der Waals surface area contributed by atoms with E-state index in [-0.39, 0.29) is 23.7 Å². The highest BCUT2D eigenvalue weighted by molar-refractivity contribution is 7.10. The first-order valence-corrected chi connectivity index (χ1v) is 8.86. The average molecular weight is 346 g/mol. The molecule has 6 heteroatoms. The molecule has 3 rings (SSSR count). The lowest BCUT2D eigenvalue weighted by Gasteiger charge is -2.32. The van der Waals surface area contributed by atoms with Crippen LogP contribution in [0.4, 0.5) is 4.39 Å². The van der Waals surface area contributed by atoms with Crippen LogP contribution in [0, 0.1) is 5.82 Å². The van der Waals surface area contributed by atoms with Crippen molar-refractivity contribution in [2.75, 3.05) is 13.1 Å². The second kappa shape index (κ2) is 7.57. The predicted molar refractivity (Wildman–Crippen MR) is 91.5 cm³/mol. The largest absolute Gasteiger partial charge is 0.349 e. The smallest absolute Gasteiger partial charge is 0.251 e. The van der Waals surface area contributed by atoms with Gasteiger partial charge in [-0.3, -0.25) is 9.59 Å². The number of carbonyl (C=O) groups excluding carboxylic acids is 2. The summed E-state index contributed by atoms with van der Waals surface area (Å²) >= 11 is 1.59. The highest BCUT2D eigenvalue weighted by atomic mass is 32.1. The van der Waals surface area contributed by atoms with Gasteiger partial charge in [0.05, 0.1) is 6.42 Å². The van der Waals surface area contributed by atoms with E-state index in [0.717, 1.165) is 17.7 Å². The Labute approximate surface area is 144 Å². The lowest BCUT2D eigenvalue weighted by Crippen LogP contribution is -2.46. The van der Waals surface area contributed by atoms with Gasteiger partial charge in [-0.2, -0.15) is 0 Å². The van der Waals surface area contributed by atoms with Crippen LogP contribution in [0.5, 0.6) is 0 Å². The number of hydrogen-bond donors (Lipinski definition) is 1. The van der Waals surface area contributed by atoms with Crippen LogP contribution < -0.4 is 5.32 Å². The van der Waals surface area contributed by atoms with E-state index < -0.39 is 0 Å². The predicted octanol–water partition coefficient (Wildman–Crippen LogP) is 2.85. The van der Waals surface area contributed by atoms with Crippen molar-refractivity contribution in [1.82, 2.24) is 10.2 Å². The van der Waals surface area contributed by atoms with Gasteiger partial charge in [0, 0.05) is 29.6 Å². The molecule has 0 spiro atoms. The highest BCUT2D eigenvalue weighted by Crippen LogP contribution is 2.15. The van der Waals surface area contributed by atoms with Gasteiger partial charge in [-0.05, 0) is 48.6 Å². The fraction of sp³-hybridized carbons (Fsp3) is 0.333. The van der Waals surface area contributed by atoms with Crippen molar-refractivity contribution >= 4 is 23.2 Å². The number of carbonyl (C=O) groups is 2. The summed E-state index contributed by atoms with van der Waals surface area (Å²) < 4.78 is 12.9. The van der Waals surface area contributed by atoms with Crippen molar-refractivity contribution in [3.05, 3.63) is 58.0 Å². The van der Waals surface area contributed by atoms with Gasteiger partial charge in [0.15, 0.2) is 0 Å². The molecule has 0 unspecified atom stereocenters. The molecule has 0 atom stereocenters. The molecule has 0 radical (unpaired) electrons. The first kappa shape index (κ1) is 16.6. The van der Waals surface area contributed by atoms with Crippen LogP contribution in [0.3, 0.4) is 0 Å². The molecule has 1 saturated heterocycles. The fourth-order valence-corrected chi connectivity index (χ4v) is 3.51. The number of nitrogens with one attached hydrogen (secondary N) is 1. The molecular formula is C18H19FN2O2S. The molecule has 2 amide bonds. The highest BCUT2D eigenvalue weighted by Gasteiger charge is 2.24. The van der Waals surface area contributed by atoms with E-state index >= 15 is 0 Å². The fourth-order valence-electron chi connectivity index (χ4n) is 2.82. The second-order valence-corrected chi connectivity index (χ2v) is 6.92. The lowest BCUT2D eigenvalue weighted by molar-refractivity contribution is -0.131. The van der Waals surface area contributed by atoms with E-state index in [9.17, 15) is 14.0 Å². The maximum Gasteiger partial charge on any atom is 0.251 e. The number of piperidine rings is 1. The monoisotopic (exact) mass is 346 g/mol. The third-order valence-corrected chi connectivity index (χ3v) is 5.07. The van der Waals surface area contributed by atoms with E-state index in [4.69, 9.17) is 0 Å². The van der Waals surface area contributed by atoms with Crippen LogP contribution in [-0.2, 0) is 11.2 Å². The molecule has 2 heterocycles. The number of hydrogen-bond acceptors (Lipinski definition) is 3. The van der Waals surface area contributed by atoms with Gasteiger partial charge >= 0.3 is 0 Å². The van der Waals surface area contributed by atoms with E-state index in [1.807, 2.05) is 22.4 Å². The topological polar surface area (TPSA) is 49.4 Å². The van der Waals surface area contributed by atoms with Crippen LogP contribution >= 0.6 is 11.3 Å². The van der Waals surface area contributed by atoms with Crippen LogP contribution in [0.25, 0.3) is 0 Å². The van der Waals surface area contributed by atoms with Crippen molar-refractivity contribution in [2.24, 2.45) is 0 Å². The standard InChI is InChI=1S/C18H19FN2O2S/c19-14-5-3-13(4-6-14)18(23)20-15-7-9-21(10-8-15)17(22)12-16-2-1-11-24-16/h1-6,11,15H,7-10,12H2,(H,20,23). The summed E-state index contributed by atoms with van der Waals surface area (Å²) in [4.78, 5) is 27.3. The van der Waals surface area contributed by atoms with Crippen molar-refractivity contribution in [3.63, 3.8) is 0 Å². The van der Waals surface area contributed by atoms with Crippen molar-refractivity contribution in [1.29, 1.82) is 0 Å². The summed E-state index contributed by atoms with van der Waals surface area (Å²) in [6.07, 6.45) is 1.93. The van der Waals surface area contributed by atoms with Gasteiger partial charge in [-0.15, -0.1) is 11.3 Å². The van der Waals surface area contributed by atoms with Gasteiger partial charge in [0.2, 0.25) is 5.91 Å². The molecule has 1 fully saturated rings. The third kappa shape index (κ3) is 4.20. The molecule has 1 aromatic heterocycles. The van der Waals surface area contributed by atoms with Gasteiger partial charge in [0.25, 0.3) is 5.91 Å². The SMILES string of the molecule is O=C(NC1CCN(C(=O)Cc2cccs2)CC1)c1ccc(F)cc1. The molecule has 24 heavy (non-hydrogen) atoms. The molecule has 0 aliphatic carbocycles. The van der Waals surface area contributed by atoms with Gasteiger partial charge in [-0.25, -0.2) is 4.39 Å². The Hall–Kier alpha value is -2.21. The van der Waals surface area contributed by atoms with Crippen molar-refractivity contribution in [3.8, 4) is 0 Å². The summed E-state index contributed by atoms with van der Waals surface area (Å²) in [5, 5.41) is 4.93. The minimum Gasteiger partial charge on any atom is -0.349 e. The Morgan fingerprint density at radius 1 is 1.17 bits per heavy atom. The molecular weight excluding hydrogens is 327 g/mol. The van der Waals surface area contributed by atoms with Crippen molar-refractivity contribution < 1.29 is 14.0 Å². The van der Waals surface area contributed by atoms with E-state index in [2.05, 4.69) is 5.32 Å². The number of amides is 2. The van der Waals surface area contributed by atoms with Gasteiger partial charge in [-0.1, -0.05) is 6.07 Å². The number of halogens is 1. The summed E-state index contributed by atoms with van der Waals surface area (Å²) in [5.74, 6) is -0.414. The Morgan fingerprint density at radius 3 is 2.50 bits per heavy atom. The quantitative estimate of drug-likeness (QED) is 0.925. The summed E-state index contributed by atoms with van der Waals surface area (Å²) in [7, 11) is 0. The van der Waals surface area contributed by atoms with Gasteiger partial charge in [0.1, 0.15) is 5.82 Å². The molecule has 1 aliphatic heterocycles. The first-order valence-electron chi connectivity index (χ1n) is 7.98. The van der Waals surface area contributed by atoms with Crippen molar-refractivity contribution in [2.45, 2.75) is 25.3 Å². The Morgan fingerprint density at radius 2 is 1.88 bits per heavy atom. The number of thiophene rings is 1. The molecule has 0 saturated carbocycles. The zero-order valence-electron chi connectivity index (χ0n) is 13.2. The summed E-state index contributed by atoms with van der Waals surface area (Å²) in [6.45, 7) is 1.30. The molecule has 2 aromatic rings. The Bertz CT molecular complexity index is 692.